The summed E-state index contributed by atoms with van der Waals surface area (Å²) < 4.78 is 1.49. The van der Waals surface area contributed by atoms with E-state index in [1.54, 1.807) is 24.4 Å². The highest BCUT2D eigenvalue weighted by Crippen LogP contribution is 2.27. The smallest absolute Gasteiger partial charge is 0.358 e. The van der Waals surface area contributed by atoms with Gasteiger partial charge in [0.15, 0.2) is 5.13 Å². The van der Waals surface area contributed by atoms with E-state index in [4.69, 9.17) is 23.2 Å². The Labute approximate surface area is 167 Å². The Balaban J connectivity index is 1.54. The minimum Gasteiger partial charge on any atom is -0.358 e. The van der Waals surface area contributed by atoms with Crippen LogP contribution in [0.3, 0.4) is 0 Å². The van der Waals surface area contributed by atoms with Gasteiger partial charge in [0.05, 0.1) is 0 Å². The lowest BCUT2D eigenvalue weighted by atomic mass is 10.1. The van der Waals surface area contributed by atoms with Crippen LogP contribution in [0.5, 0.6) is 0 Å². The van der Waals surface area contributed by atoms with Gasteiger partial charge in [-0.25, -0.2) is 4.98 Å². The Morgan fingerprint density at radius 3 is 2.89 bits per heavy atom. The number of aryl methyl sites for hydroxylation is 1. The highest BCUT2D eigenvalue weighted by Gasteiger charge is 2.12. The van der Waals surface area contributed by atoms with Crippen LogP contribution < -0.4 is 5.32 Å². The van der Waals surface area contributed by atoms with Gasteiger partial charge in [0.25, 0.3) is 0 Å². The molecular weight excluding hydrogens is 413 g/mol. The van der Waals surface area contributed by atoms with E-state index in [-0.39, 0.29) is 24.7 Å². The van der Waals surface area contributed by atoms with Gasteiger partial charge in [0, 0.05) is 40.5 Å². The van der Waals surface area contributed by atoms with Crippen LogP contribution in [0.25, 0.3) is 0 Å². The quantitative estimate of drug-likeness (QED) is 0.451. The molecule has 0 atom stereocenters. The summed E-state index contributed by atoms with van der Waals surface area (Å²) >= 11 is 13.5. The van der Waals surface area contributed by atoms with Crippen LogP contribution in [0.15, 0.2) is 36.9 Å². The highest BCUT2D eigenvalue weighted by molar-refractivity contribution is 7.15. The molecule has 1 aromatic carbocycles. The van der Waals surface area contributed by atoms with Gasteiger partial charge in [-0.3, -0.25) is 4.79 Å². The van der Waals surface area contributed by atoms with Gasteiger partial charge in [-0.1, -0.05) is 23.2 Å². The van der Waals surface area contributed by atoms with Gasteiger partial charge in [-0.2, -0.15) is 0 Å². The Hall–Kier alpha value is -2.49. The van der Waals surface area contributed by atoms with E-state index in [1.165, 1.54) is 28.4 Å². The fourth-order valence-corrected chi connectivity index (χ4v) is 3.52. The van der Waals surface area contributed by atoms with Crippen LogP contribution in [0.2, 0.25) is 10.0 Å². The first-order chi connectivity index (χ1) is 12.9. The molecule has 0 bridgehead atoms. The first-order valence-corrected chi connectivity index (χ1v) is 9.32. The van der Waals surface area contributed by atoms with Crippen LogP contribution in [0.1, 0.15) is 16.9 Å². The van der Waals surface area contributed by atoms with E-state index in [0.717, 1.165) is 10.4 Å². The van der Waals surface area contributed by atoms with Gasteiger partial charge >= 0.3 is 5.82 Å². The Kier molecular flexibility index (Phi) is 6.04. The molecule has 0 radical (unpaired) electrons. The number of aromatic nitrogens is 3. The summed E-state index contributed by atoms with van der Waals surface area (Å²) in [5.41, 5.74) is 0.882. The number of hydrogen-bond acceptors (Lipinski definition) is 6. The summed E-state index contributed by atoms with van der Waals surface area (Å²) in [7, 11) is 0. The maximum Gasteiger partial charge on any atom is 0.381 e. The van der Waals surface area contributed by atoms with E-state index < -0.39 is 4.92 Å². The number of amides is 1. The van der Waals surface area contributed by atoms with E-state index in [9.17, 15) is 14.9 Å². The van der Waals surface area contributed by atoms with Crippen molar-refractivity contribution < 1.29 is 9.72 Å². The van der Waals surface area contributed by atoms with Crippen molar-refractivity contribution in [2.75, 3.05) is 5.32 Å². The lowest BCUT2D eigenvalue weighted by Crippen LogP contribution is -2.13. The predicted molar refractivity (Wildman–Crippen MR) is 104 cm³/mol. The van der Waals surface area contributed by atoms with Crippen LogP contribution in [0, 0.1) is 10.1 Å². The number of nitrogens with zero attached hydrogens (tertiary/aromatic N) is 4. The Bertz CT molecular complexity index is 988. The zero-order valence-corrected chi connectivity index (χ0v) is 16.1. The number of thiazole rings is 1. The Morgan fingerprint density at radius 2 is 2.15 bits per heavy atom. The maximum absolute atomic E-state index is 12.0. The van der Waals surface area contributed by atoms with Crippen LogP contribution >= 0.6 is 34.5 Å². The molecule has 27 heavy (non-hydrogen) atoms. The number of imidazole rings is 1. The van der Waals surface area contributed by atoms with Crippen molar-refractivity contribution in [3.63, 3.8) is 0 Å². The SMILES string of the molecule is O=C(CCn1cnc([N+](=O)[O-])c1)Nc1ncc(Cc2cc(Cl)ccc2Cl)s1. The Morgan fingerprint density at radius 1 is 1.33 bits per heavy atom. The second kappa shape index (κ2) is 8.47. The molecule has 1 amide bonds. The molecule has 3 rings (SSSR count). The van der Waals surface area contributed by atoms with Crippen LogP contribution in [-0.2, 0) is 17.8 Å². The van der Waals surface area contributed by atoms with Gasteiger partial charge in [-0.05, 0) is 33.7 Å². The second-order valence-corrected chi connectivity index (χ2v) is 7.53. The summed E-state index contributed by atoms with van der Waals surface area (Å²) in [5, 5.41) is 15.0. The maximum atomic E-state index is 12.0. The lowest BCUT2D eigenvalue weighted by molar-refractivity contribution is -0.389. The number of rotatable bonds is 7. The first-order valence-electron chi connectivity index (χ1n) is 7.75. The summed E-state index contributed by atoms with van der Waals surface area (Å²) in [5.74, 6) is -0.493. The van der Waals surface area contributed by atoms with E-state index in [1.807, 2.05) is 0 Å². The molecule has 0 fully saturated rings. The fraction of sp³-hybridized carbons (Fsp3) is 0.188. The molecule has 0 spiro atoms. The third-order valence-electron chi connectivity index (χ3n) is 3.58. The largest absolute Gasteiger partial charge is 0.381 e. The first kappa shape index (κ1) is 19.3. The number of nitrogens with one attached hydrogen (secondary N) is 1. The molecule has 2 aromatic heterocycles. The summed E-state index contributed by atoms with van der Waals surface area (Å²) in [6.07, 6.45) is 4.98. The van der Waals surface area contributed by atoms with Crippen molar-refractivity contribution in [3.05, 3.63) is 67.5 Å². The summed E-state index contributed by atoms with van der Waals surface area (Å²) in [6.45, 7) is 0.281. The number of hydrogen-bond donors (Lipinski definition) is 1. The van der Waals surface area contributed by atoms with Crippen molar-refractivity contribution in [2.45, 2.75) is 19.4 Å². The summed E-state index contributed by atoms with van der Waals surface area (Å²) in [6, 6.07) is 5.26. The molecule has 140 valence electrons. The highest BCUT2D eigenvalue weighted by atomic mass is 35.5. The molecule has 11 heteroatoms. The monoisotopic (exact) mass is 425 g/mol. The topological polar surface area (TPSA) is 103 Å². The number of halogens is 2. The molecule has 0 aliphatic heterocycles. The number of carbonyl (C=O) groups is 1. The molecule has 3 aromatic rings. The number of nitro groups is 1. The lowest BCUT2D eigenvalue weighted by Gasteiger charge is -2.03. The van der Waals surface area contributed by atoms with Crippen molar-refractivity contribution in [1.82, 2.24) is 14.5 Å². The van der Waals surface area contributed by atoms with Gasteiger partial charge in [0.2, 0.25) is 12.2 Å². The predicted octanol–water partition coefficient (Wildman–Crippen LogP) is 4.17. The summed E-state index contributed by atoms with van der Waals surface area (Å²) in [4.78, 5) is 30.8. The van der Waals surface area contributed by atoms with Gasteiger partial charge < -0.3 is 20.0 Å². The van der Waals surface area contributed by atoms with Crippen molar-refractivity contribution in [2.24, 2.45) is 0 Å². The zero-order chi connectivity index (χ0) is 19.4. The molecule has 0 unspecified atom stereocenters. The average Bonchev–Trinajstić information content (AvgIpc) is 3.26. The molecule has 0 saturated heterocycles. The molecule has 8 nitrogen and oxygen atoms in total. The van der Waals surface area contributed by atoms with Crippen molar-refractivity contribution in [1.29, 1.82) is 0 Å². The van der Waals surface area contributed by atoms with Crippen LogP contribution in [0.4, 0.5) is 10.9 Å². The van der Waals surface area contributed by atoms with E-state index in [0.29, 0.717) is 21.6 Å². The van der Waals surface area contributed by atoms with Crippen LogP contribution in [-0.4, -0.2) is 25.4 Å². The number of benzene rings is 1. The third kappa shape index (κ3) is 5.25. The normalized spacial score (nSPS) is 10.7. The average molecular weight is 426 g/mol. The number of carbonyl (C=O) groups excluding carboxylic acids is 1. The zero-order valence-electron chi connectivity index (χ0n) is 13.8. The van der Waals surface area contributed by atoms with Crippen molar-refractivity contribution >= 4 is 51.4 Å². The number of anilines is 1. The molecule has 2 heterocycles. The molecule has 1 N–H and O–H groups in total. The minimum absolute atomic E-state index is 0.141. The van der Waals surface area contributed by atoms with E-state index >= 15 is 0 Å². The second-order valence-electron chi connectivity index (χ2n) is 5.57. The molecule has 0 saturated carbocycles. The third-order valence-corrected chi connectivity index (χ3v) is 5.09. The van der Waals surface area contributed by atoms with Crippen molar-refractivity contribution in [3.8, 4) is 0 Å². The van der Waals surface area contributed by atoms with Gasteiger partial charge in [-0.15, -0.1) is 11.3 Å². The fourth-order valence-electron chi connectivity index (χ4n) is 2.29. The molecule has 0 aliphatic carbocycles. The molecular formula is C16H13Cl2N5O3S. The van der Waals surface area contributed by atoms with E-state index in [2.05, 4.69) is 15.3 Å². The molecule has 0 aliphatic rings. The minimum atomic E-state index is -0.583. The standard InChI is InChI=1S/C16H13Cl2N5O3S/c17-11-1-2-13(18)10(5-11)6-12-7-19-16(27-12)21-15(24)3-4-22-8-14(20-9-22)23(25)26/h1-2,5,7-9H,3-4,6H2,(H,19,21,24). The van der Waals surface area contributed by atoms with Gasteiger partial charge in [0.1, 0.15) is 6.20 Å².